The van der Waals surface area contributed by atoms with Gasteiger partial charge in [0.1, 0.15) is 54.9 Å². The molecule has 15 nitrogen and oxygen atoms in total. The van der Waals surface area contributed by atoms with Crippen LogP contribution < -0.4 is 5.73 Å². The Morgan fingerprint density at radius 1 is 0.651 bits per heavy atom. The Labute approximate surface area is 252 Å². The quantitative estimate of drug-likeness (QED) is 0.0591. The highest BCUT2D eigenvalue weighted by atomic mass is 16.7. The molecule has 2 heterocycles. The summed E-state index contributed by atoms with van der Waals surface area (Å²) in [5, 5.41) is 90.1. The normalized spacial score (nSPS) is 34.6. The van der Waals surface area contributed by atoms with Gasteiger partial charge in [-0.1, -0.05) is 64.2 Å². The van der Waals surface area contributed by atoms with Crippen molar-refractivity contribution in [2.45, 2.75) is 151 Å². The first-order valence-corrected chi connectivity index (χ1v) is 15.4. The van der Waals surface area contributed by atoms with Gasteiger partial charge in [0.25, 0.3) is 0 Å². The highest BCUT2D eigenvalue weighted by molar-refractivity contribution is 5.78. The van der Waals surface area contributed by atoms with E-state index in [1.807, 2.05) is 0 Å². The van der Waals surface area contributed by atoms with Crippen molar-refractivity contribution in [2.75, 3.05) is 19.8 Å². The first-order chi connectivity index (χ1) is 20.5. The monoisotopic (exact) mass is 627 g/mol. The summed E-state index contributed by atoms with van der Waals surface area (Å²) >= 11 is 0. The molecule has 43 heavy (non-hydrogen) atoms. The van der Waals surface area contributed by atoms with Gasteiger partial charge in [0.05, 0.1) is 25.9 Å². The lowest BCUT2D eigenvalue weighted by Gasteiger charge is -2.46. The molecule has 2 unspecified atom stereocenters. The second kappa shape index (κ2) is 20.2. The topological polar surface area (TPSA) is 262 Å². The molecule has 0 aromatic heterocycles. The molecule has 0 bridgehead atoms. The minimum atomic E-state index is -1.75. The van der Waals surface area contributed by atoms with Crippen LogP contribution in [0.2, 0.25) is 0 Å². The Bertz CT molecular complexity index is 761. The van der Waals surface area contributed by atoms with Crippen molar-refractivity contribution in [3.63, 3.8) is 0 Å². The number of amides is 1. The molecule has 0 aromatic rings. The molecule has 254 valence electrons. The minimum absolute atomic E-state index is 0.179. The van der Waals surface area contributed by atoms with E-state index in [4.69, 9.17) is 24.7 Å². The Balaban J connectivity index is 1.61. The summed E-state index contributed by atoms with van der Waals surface area (Å²) in [7, 11) is 0. The SMILES string of the molecule is NC(=O)C(O)CCCCCCCCCCCCC(O)CO[C@@H]1O[C@H](CO)[C@@H](O[C@@H]2O[C@H](CO)[C@@H](O)[C@H](O)[C@H]2O)[C@H](O)[C@H]1O. The lowest BCUT2D eigenvalue weighted by atomic mass is 9.97. The van der Waals surface area contributed by atoms with Crippen LogP contribution in [-0.4, -0.2) is 145 Å². The number of primary amides is 1. The van der Waals surface area contributed by atoms with Gasteiger partial charge < -0.3 is 70.6 Å². The number of aliphatic hydroxyl groups excluding tert-OH is 9. The van der Waals surface area contributed by atoms with Crippen LogP contribution in [0.1, 0.15) is 77.0 Å². The lowest BCUT2D eigenvalue weighted by molar-refractivity contribution is -0.360. The van der Waals surface area contributed by atoms with Crippen LogP contribution in [0.5, 0.6) is 0 Å². The maximum absolute atomic E-state index is 10.8. The van der Waals surface area contributed by atoms with Gasteiger partial charge in [-0.25, -0.2) is 0 Å². The van der Waals surface area contributed by atoms with Crippen LogP contribution >= 0.6 is 0 Å². The highest BCUT2D eigenvalue weighted by Crippen LogP contribution is 2.29. The van der Waals surface area contributed by atoms with Gasteiger partial charge in [-0.3, -0.25) is 4.79 Å². The number of carbonyl (C=O) groups excluding carboxylic acids is 1. The van der Waals surface area contributed by atoms with Crippen LogP contribution in [-0.2, 0) is 23.7 Å². The molecule has 2 aliphatic rings. The minimum Gasteiger partial charge on any atom is -0.394 e. The number of aliphatic hydroxyl groups is 9. The lowest BCUT2D eigenvalue weighted by Crippen LogP contribution is -2.64. The van der Waals surface area contributed by atoms with Crippen LogP contribution in [0.4, 0.5) is 0 Å². The molecule has 0 spiro atoms. The van der Waals surface area contributed by atoms with Crippen molar-refractivity contribution < 1.29 is 69.7 Å². The molecule has 2 rings (SSSR count). The zero-order valence-corrected chi connectivity index (χ0v) is 24.7. The fraction of sp³-hybridized carbons (Fsp3) is 0.964. The highest BCUT2D eigenvalue weighted by Gasteiger charge is 2.50. The molecule has 15 heteroatoms. The number of nitrogens with two attached hydrogens (primary N) is 1. The molecule has 0 radical (unpaired) electrons. The molecule has 0 saturated carbocycles. The van der Waals surface area contributed by atoms with E-state index in [9.17, 15) is 50.8 Å². The summed E-state index contributed by atoms with van der Waals surface area (Å²) in [6.45, 7) is -1.54. The first kappa shape index (κ1) is 38.1. The number of unbranched alkanes of at least 4 members (excludes halogenated alkanes) is 9. The number of carbonyl (C=O) groups is 1. The van der Waals surface area contributed by atoms with E-state index in [-0.39, 0.29) is 6.61 Å². The van der Waals surface area contributed by atoms with Gasteiger partial charge in [0.2, 0.25) is 5.91 Å². The smallest absolute Gasteiger partial charge is 0.246 e. The van der Waals surface area contributed by atoms with Crippen molar-refractivity contribution in [3.8, 4) is 0 Å². The zero-order valence-electron chi connectivity index (χ0n) is 24.7. The molecule has 11 N–H and O–H groups in total. The Morgan fingerprint density at radius 2 is 1.14 bits per heavy atom. The first-order valence-electron chi connectivity index (χ1n) is 15.4. The van der Waals surface area contributed by atoms with E-state index in [1.54, 1.807) is 0 Å². The summed E-state index contributed by atoms with van der Waals surface area (Å²) < 4.78 is 21.8. The largest absolute Gasteiger partial charge is 0.394 e. The third kappa shape index (κ3) is 12.3. The number of ether oxygens (including phenoxy) is 4. The van der Waals surface area contributed by atoms with Gasteiger partial charge in [0.15, 0.2) is 12.6 Å². The van der Waals surface area contributed by atoms with Crippen LogP contribution in [0.15, 0.2) is 0 Å². The average molecular weight is 628 g/mol. The van der Waals surface area contributed by atoms with E-state index < -0.39 is 92.7 Å². The van der Waals surface area contributed by atoms with E-state index in [0.717, 1.165) is 64.2 Å². The second-order valence-corrected chi connectivity index (χ2v) is 11.5. The van der Waals surface area contributed by atoms with Crippen molar-refractivity contribution in [2.24, 2.45) is 5.73 Å². The molecular weight excluding hydrogens is 574 g/mol. The molecular formula is C28H53NO14. The Kier molecular flexibility index (Phi) is 17.9. The van der Waals surface area contributed by atoms with Crippen LogP contribution in [0, 0.1) is 0 Å². The third-order valence-electron chi connectivity index (χ3n) is 8.01. The summed E-state index contributed by atoms with van der Waals surface area (Å²) in [5.41, 5.74) is 5.02. The van der Waals surface area contributed by atoms with E-state index in [1.165, 1.54) is 0 Å². The summed E-state index contributed by atoms with van der Waals surface area (Å²) in [5.74, 6) is -0.674. The van der Waals surface area contributed by atoms with Gasteiger partial charge >= 0.3 is 0 Å². The number of hydrogen-bond donors (Lipinski definition) is 10. The van der Waals surface area contributed by atoms with Crippen LogP contribution in [0.3, 0.4) is 0 Å². The number of rotatable bonds is 21. The van der Waals surface area contributed by atoms with E-state index in [0.29, 0.717) is 12.8 Å². The molecule has 2 aliphatic heterocycles. The average Bonchev–Trinajstić information content (AvgIpc) is 2.99. The maximum atomic E-state index is 10.8. The molecule has 0 aromatic carbocycles. The fourth-order valence-electron chi connectivity index (χ4n) is 5.26. The second-order valence-electron chi connectivity index (χ2n) is 11.5. The van der Waals surface area contributed by atoms with Gasteiger partial charge in [0, 0.05) is 0 Å². The van der Waals surface area contributed by atoms with Crippen molar-refractivity contribution in [1.82, 2.24) is 0 Å². The molecule has 2 saturated heterocycles. The third-order valence-corrected chi connectivity index (χ3v) is 8.01. The summed E-state index contributed by atoms with van der Waals surface area (Å²) in [4.78, 5) is 10.8. The Hall–Kier alpha value is -1.05. The predicted octanol–water partition coefficient (Wildman–Crippen LogP) is -2.48. The number of hydrogen-bond acceptors (Lipinski definition) is 14. The molecule has 1 amide bonds. The Morgan fingerprint density at radius 3 is 1.67 bits per heavy atom. The van der Waals surface area contributed by atoms with E-state index in [2.05, 4.69) is 0 Å². The van der Waals surface area contributed by atoms with Gasteiger partial charge in [-0.05, 0) is 12.8 Å². The maximum Gasteiger partial charge on any atom is 0.246 e. The van der Waals surface area contributed by atoms with Crippen LogP contribution in [0.25, 0.3) is 0 Å². The fourth-order valence-corrected chi connectivity index (χ4v) is 5.26. The van der Waals surface area contributed by atoms with E-state index >= 15 is 0 Å². The van der Waals surface area contributed by atoms with Gasteiger partial charge in [-0.15, -0.1) is 0 Å². The van der Waals surface area contributed by atoms with Crippen molar-refractivity contribution in [1.29, 1.82) is 0 Å². The standard InChI is InChI=1S/C28H53NO14/c29-26(39)17(33)12-10-8-6-4-2-1-3-5-7-9-11-16(32)15-40-27-24(38)22(36)25(19(14-31)42-27)43-28-23(37)21(35)20(34)18(13-30)41-28/h16-25,27-28,30-38H,1-15H2,(H2,29,39)/t16?,17?,18-,19-,20-,21+,22-,23-,24-,25-,27-,28+/m1/s1. The molecule has 12 atom stereocenters. The molecule has 2 fully saturated rings. The molecule has 0 aliphatic carbocycles. The van der Waals surface area contributed by atoms with Crippen molar-refractivity contribution in [3.05, 3.63) is 0 Å². The predicted molar refractivity (Wildman–Crippen MR) is 149 cm³/mol. The summed E-state index contributed by atoms with van der Waals surface area (Å²) in [6, 6.07) is 0. The van der Waals surface area contributed by atoms with Crippen molar-refractivity contribution >= 4 is 5.91 Å². The zero-order chi connectivity index (χ0) is 31.9. The summed E-state index contributed by atoms with van der Waals surface area (Å²) in [6.07, 6.45) is -6.34. The van der Waals surface area contributed by atoms with Gasteiger partial charge in [-0.2, -0.15) is 0 Å².